The summed E-state index contributed by atoms with van der Waals surface area (Å²) in [4.78, 5) is 20.9. The predicted octanol–water partition coefficient (Wildman–Crippen LogP) is 2.14. The van der Waals surface area contributed by atoms with Gasteiger partial charge in [-0.2, -0.15) is 0 Å². The van der Waals surface area contributed by atoms with Crippen molar-refractivity contribution in [2.75, 3.05) is 0 Å². The molecule has 0 unspecified atom stereocenters. The summed E-state index contributed by atoms with van der Waals surface area (Å²) in [5.41, 5.74) is 0. The van der Waals surface area contributed by atoms with Crippen LogP contribution in [0.15, 0.2) is 16.5 Å². The molecule has 0 saturated heterocycles. The number of ether oxygens (including phenoxy) is 1. The van der Waals surface area contributed by atoms with Crippen molar-refractivity contribution < 1.29 is 18.9 Å². The maximum absolute atomic E-state index is 11.3. The molecule has 1 rings (SSSR count). The lowest BCUT2D eigenvalue weighted by atomic mass is 10.3. The summed E-state index contributed by atoms with van der Waals surface area (Å²) >= 11 is 0. The SMILES string of the molecule is CC[C@@H](C)OC(=O)c1ccc([N+](=O)[O-])o1. The van der Waals surface area contributed by atoms with Crippen molar-refractivity contribution in [2.45, 2.75) is 26.4 Å². The van der Waals surface area contributed by atoms with Crippen LogP contribution in [0.5, 0.6) is 0 Å². The minimum Gasteiger partial charge on any atom is -0.457 e. The summed E-state index contributed by atoms with van der Waals surface area (Å²) in [5.74, 6) is -1.30. The molecule has 0 aromatic carbocycles. The molecule has 6 nitrogen and oxygen atoms in total. The summed E-state index contributed by atoms with van der Waals surface area (Å²) in [7, 11) is 0. The number of hydrogen-bond acceptors (Lipinski definition) is 5. The molecule has 6 heteroatoms. The van der Waals surface area contributed by atoms with E-state index in [0.717, 1.165) is 6.07 Å². The van der Waals surface area contributed by atoms with Gasteiger partial charge in [0.2, 0.25) is 5.76 Å². The van der Waals surface area contributed by atoms with Crippen LogP contribution in [0.1, 0.15) is 30.8 Å². The largest absolute Gasteiger partial charge is 0.457 e. The number of carbonyl (C=O) groups excluding carboxylic acids is 1. The van der Waals surface area contributed by atoms with Crippen molar-refractivity contribution in [1.29, 1.82) is 0 Å². The zero-order valence-corrected chi connectivity index (χ0v) is 8.43. The Hall–Kier alpha value is -1.85. The lowest BCUT2D eigenvalue weighted by Crippen LogP contribution is -2.13. The average Bonchev–Trinajstić information content (AvgIpc) is 2.66. The lowest BCUT2D eigenvalue weighted by Gasteiger charge is -2.08. The van der Waals surface area contributed by atoms with Crippen LogP contribution in [0.3, 0.4) is 0 Å². The molecule has 82 valence electrons. The van der Waals surface area contributed by atoms with Gasteiger partial charge in [-0.25, -0.2) is 4.79 Å². The molecule has 0 aliphatic carbocycles. The van der Waals surface area contributed by atoms with Crippen LogP contribution in [0.2, 0.25) is 0 Å². The highest BCUT2D eigenvalue weighted by Gasteiger charge is 2.19. The van der Waals surface area contributed by atoms with E-state index in [1.165, 1.54) is 6.07 Å². The fourth-order valence-electron chi connectivity index (χ4n) is 0.860. The number of nitrogens with zero attached hydrogens (tertiary/aromatic N) is 1. The third-order valence-corrected chi connectivity index (χ3v) is 1.86. The molecule has 0 saturated carbocycles. The van der Waals surface area contributed by atoms with Crippen molar-refractivity contribution in [3.8, 4) is 0 Å². The number of carbonyl (C=O) groups is 1. The summed E-state index contributed by atoms with van der Waals surface area (Å²) in [6.45, 7) is 3.60. The summed E-state index contributed by atoms with van der Waals surface area (Å²) < 4.78 is 9.60. The third kappa shape index (κ3) is 2.80. The van der Waals surface area contributed by atoms with Gasteiger partial charge in [-0.1, -0.05) is 6.92 Å². The molecule has 1 aromatic rings. The monoisotopic (exact) mass is 213 g/mol. The van der Waals surface area contributed by atoms with Gasteiger partial charge in [-0.05, 0) is 19.4 Å². The van der Waals surface area contributed by atoms with E-state index in [4.69, 9.17) is 4.74 Å². The van der Waals surface area contributed by atoms with E-state index in [1.807, 2.05) is 6.92 Å². The Bertz CT molecular complexity index is 370. The van der Waals surface area contributed by atoms with Gasteiger partial charge in [0.1, 0.15) is 4.92 Å². The van der Waals surface area contributed by atoms with Crippen LogP contribution >= 0.6 is 0 Å². The molecule has 0 aliphatic heterocycles. The number of hydrogen-bond donors (Lipinski definition) is 0. The number of rotatable bonds is 4. The van der Waals surface area contributed by atoms with Crippen LogP contribution < -0.4 is 0 Å². The lowest BCUT2D eigenvalue weighted by molar-refractivity contribution is -0.402. The maximum atomic E-state index is 11.3. The van der Waals surface area contributed by atoms with Gasteiger partial charge >= 0.3 is 11.9 Å². The van der Waals surface area contributed by atoms with E-state index in [9.17, 15) is 14.9 Å². The Kier molecular flexibility index (Phi) is 3.43. The first-order valence-corrected chi connectivity index (χ1v) is 4.49. The van der Waals surface area contributed by atoms with E-state index in [-0.39, 0.29) is 11.9 Å². The van der Waals surface area contributed by atoms with Crippen LogP contribution in [-0.2, 0) is 4.74 Å². The van der Waals surface area contributed by atoms with E-state index >= 15 is 0 Å². The highest BCUT2D eigenvalue weighted by Crippen LogP contribution is 2.17. The average molecular weight is 213 g/mol. The minimum absolute atomic E-state index is 0.151. The van der Waals surface area contributed by atoms with Gasteiger partial charge in [-0.15, -0.1) is 0 Å². The fraction of sp³-hybridized carbons (Fsp3) is 0.444. The second-order valence-electron chi connectivity index (χ2n) is 3.02. The van der Waals surface area contributed by atoms with E-state index in [2.05, 4.69) is 4.42 Å². The van der Waals surface area contributed by atoms with Crippen LogP contribution in [-0.4, -0.2) is 17.0 Å². The molecule has 0 fully saturated rings. The molecule has 1 aromatic heterocycles. The molecule has 0 N–H and O–H groups in total. The van der Waals surface area contributed by atoms with Gasteiger partial charge < -0.3 is 9.15 Å². The second-order valence-corrected chi connectivity index (χ2v) is 3.02. The molecular weight excluding hydrogens is 202 g/mol. The molecule has 0 radical (unpaired) electrons. The summed E-state index contributed by atoms with van der Waals surface area (Å²) in [5, 5.41) is 10.3. The van der Waals surface area contributed by atoms with Crippen LogP contribution in [0, 0.1) is 10.1 Å². The molecular formula is C9H11NO5. The topological polar surface area (TPSA) is 82.6 Å². The summed E-state index contributed by atoms with van der Waals surface area (Å²) in [6.07, 6.45) is 0.441. The van der Waals surface area contributed by atoms with E-state index in [1.54, 1.807) is 6.92 Å². The first-order valence-electron chi connectivity index (χ1n) is 4.49. The van der Waals surface area contributed by atoms with Gasteiger partial charge in [0.05, 0.1) is 12.2 Å². The fourth-order valence-corrected chi connectivity index (χ4v) is 0.860. The Morgan fingerprint density at radius 3 is 2.80 bits per heavy atom. The Balaban J connectivity index is 2.70. The Morgan fingerprint density at radius 2 is 2.33 bits per heavy atom. The van der Waals surface area contributed by atoms with Crippen molar-refractivity contribution in [2.24, 2.45) is 0 Å². The molecule has 0 amide bonds. The second kappa shape index (κ2) is 4.59. The summed E-state index contributed by atoms with van der Waals surface area (Å²) in [6, 6.07) is 2.34. The van der Waals surface area contributed by atoms with E-state index < -0.39 is 16.8 Å². The van der Waals surface area contributed by atoms with Gasteiger partial charge in [0.25, 0.3) is 0 Å². The van der Waals surface area contributed by atoms with Crippen molar-refractivity contribution in [1.82, 2.24) is 0 Å². The first kappa shape index (κ1) is 11.2. The van der Waals surface area contributed by atoms with E-state index in [0.29, 0.717) is 6.42 Å². The number of nitro groups is 1. The highest BCUT2D eigenvalue weighted by molar-refractivity contribution is 5.86. The molecule has 1 heterocycles. The van der Waals surface area contributed by atoms with Gasteiger partial charge in [-0.3, -0.25) is 10.1 Å². The first-order chi connectivity index (χ1) is 7.04. The van der Waals surface area contributed by atoms with Crippen molar-refractivity contribution in [3.05, 3.63) is 28.0 Å². The smallest absolute Gasteiger partial charge is 0.433 e. The van der Waals surface area contributed by atoms with Gasteiger partial charge in [0, 0.05) is 0 Å². The van der Waals surface area contributed by atoms with Crippen LogP contribution in [0.4, 0.5) is 5.88 Å². The molecule has 1 atom stereocenters. The zero-order chi connectivity index (χ0) is 11.4. The zero-order valence-electron chi connectivity index (χ0n) is 8.43. The molecule has 0 aliphatic rings. The quantitative estimate of drug-likeness (QED) is 0.434. The third-order valence-electron chi connectivity index (χ3n) is 1.86. The van der Waals surface area contributed by atoms with Crippen molar-refractivity contribution >= 4 is 11.9 Å². The molecule has 0 spiro atoms. The Labute approximate surface area is 86.0 Å². The normalized spacial score (nSPS) is 12.1. The Morgan fingerprint density at radius 1 is 1.67 bits per heavy atom. The highest BCUT2D eigenvalue weighted by atomic mass is 16.7. The minimum atomic E-state index is -0.708. The number of esters is 1. The predicted molar refractivity (Wildman–Crippen MR) is 50.5 cm³/mol. The standard InChI is InChI=1S/C9H11NO5/c1-3-6(2)14-9(11)7-4-5-8(15-7)10(12)13/h4-6H,3H2,1-2H3/t6-/m1/s1. The number of furan rings is 1. The van der Waals surface area contributed by atoms with Gasteiger partial charge in [0.15, 0.2) is 0 Å². The molecule has 15 heavy (non-hydrogen) atoms. The maximum Gasteiger partial charge on any atom is 0.433 e. The van der Waals surface area contributed by atoms with Crippen molar-refractivity contribution in [3.63, 3.8) is 0 Å². The molecule has 0 bridgehead atoms. The van der Waals surface area contributed by atoms with Crippen LogP contribution in [0.25, 0.3) is 0 Å².